The lowest BCUT2D eigenvalue weighted by Gasteiger charge is -2.14. The summed E-state index contributed by atoms with van der Waals surface area (Å²) in [5.74, 6) is 0. The summed E-state index contributed by atoms with van der Waals surface area (Å²) in [7, 11) is 0. The van der Waals surface area contributed by atoms with Gasteiger partial charge in [0.2, 0.25) is 0 Å². The minimum atomic E-state index is 0.939. The van der Waals surface area contributed by atoms with Gasteiger partial charge in [-0.05, 0) is 19.9 Å². The summed E-state index contributed by atoms with van der Waals surface area (Å²) < 4.78 is 0. The molecule has 1 heterocycles. The van der Waals surface area contributed by atoms with Gasteiger partial charge in [-0.1, -0.05) is 12.2 Å². The summed E-state index contributed by atoms with van der Waals surface area (Å²) in [6.45, 7) is 3.91. The van der Waals surface area contributed by atoms with E-state index in [0.29, 0.717) is 0 Å². The van der Waals surface area contributed by atoms with Gasteiger partial charge in [0.05, 0.1) is 11.4 Å². The van der Waals surface area contributed by atoms with Crippen LogP contribution in [0.15, 0.2) is 41.3 Å². The van der Waals surface area contributed by atoms with Gasteiger partial charge in [0, 0.05) is 12.4 Å². The summed E-state index contributed by atoms with van der Waals surface area (Å²) in [4.78, 5) is 4.23. The molecule has 0 unspecified atom stereocenters. The Balaban J connectivity index is 2.85. The molecular weight excluding hydrogens is 150 g/mol. The Hall–Kier alpha value is -1.51. The van der Waals surface area contributed by atoms with Crippen molar-refractivity contribution in [1.29, 1.82) is 0 Å². The van der Waals surface area contributed by atoms with E-state index < -0.39 is 0 Å². The molecule has 12 heavy (non-hydrogen) atoms. The highest BCUT2D eigenvalue weighted by molar-refractivity contribution is 6.08. The lowest BCUT2D eigenvalue weighted by atomic mass is 10.2. The Labute approximate surface area is 72.5 Å². The molecule has 0 radical (unpaired) electrons. The van der Waals surface area contributed by atoms with Crippen molar-refractivity contribution in [2.24, 2.45) is 4.99 Å². The van der Waals surface area contributed by atoms with Crippen molar-refractivity contribution in [2.75, 3.05) is 0 Å². The van der Waals surface area contributed by atoms with Crippen molar-refractivity contribution in [3.8, 4) is 0 Å². The molecule has 0 spiro atoms. The Morgan fingerprint density at radius 2 is 2.25 bits per heavy atom. The van der Waals surface area contributed by atoms with Crippen molar-refractivity contribution < 1.29 is 0 Å². The summed E-state index contributed by atoms with van der Waals surface area (Å²) in [5.41, 5.74) is 7.81. The van der Waals surface area contributed by atoms with Crippen molar-refractivity contribution in [3.63, 3.8) is 0 Å². The highest BCUT2D eigenvalue weighted by atomic mass is 15.4. The second-order valence-electron chi connectivity index (χ2n) is 2.30. The van der Waals surface area contributed by atoms with Crippen LogP contribution in [-0.2, 0) is 0 Å². The van der Waals surface area contributed by atoms with Gasteiger partial charge >= 0.3 is 0 Å². The fourth-order valence-electron chi connectivity index (χ4n) is 0.881. The number of nitrogens with one attached hydrogen (secondary N) is 2. The molecule has 3 heteroatoms. The maximum atomic E-state index is 4.23. The molecule has 0 saturated carbocycles. The van der Waals surface area contributed by atoms with Crippen LogP contribution in [0.3, 0.4) is 0 Å². The molecule has 3 nitrogen and oxygen atoms in total. The van der Waals surface area contributed by atoms with Gasteiger partial charge in [-0.2, -0.15) is 0 Å². The average Bonchev–Trinajstić information content (AvgIpc) is 2.15. The second-order valence-corrected chi connectivity index (χ2v) is 2.30. The van der Waals surface area contributed by atoms with E-state index in [1.54, 1.807) is 6.20 Å². The molecular formula is C9H13N3. The smallest absolute Gasteiger partial charge is 0.0890 e. The number of allylic oxidation sites excluding steroid dienone is 3. The standard InChI is InChI=1S/C9H13N3/c1-3-6-10-9-5-7-11-12-8(9)4-2/h3-7,11-12H,1-2H3/b6-3-,8-4+,10-9-. The maximum Gasteiger partial charge on any atom is 0.0890 e. The van der Waals surface area contributed by atoms with Crippen LogP contribution in [0.25, 0.3) is 0 Å². The topological polar surface area (TPSA) is 36.4 Å². The van der Waals surface area contributed by atoms with E-state index >= 15 is 0 Å². The Kier molecular flexibility index (Phi) is 3.14. The van der Waals surface area contributed by atoms with E-state index in [9.17, 15) is 0 Å². The summed E-state index contributed by atoms with van der Waals surface area (Å²) in [6, 6.07) is 0. The first-order chi connectivity index (χ1) is 5.88. The lowest BCUT2D eigenvalue weighted by molar-refractivity contribution is 0.744. The fourth-order valence-corrected chi connectivity index (χ4v) is 0.881. The molecule has 0 aromatic heterocycles. The van der Waals surface area contributed by atoms with Gasteiger partial charge in [0.25, 0.3) is 0 Å². The third kappa shape index (κ3) is 1.99. The monoisotopic (exact) mass is 163 g/mol. The predicted molar refractivity (Wildman–Crippen MR) is 51.4 cm³/mol. The zero-order valence-electron chi connectivity index (χ0n) is 7.33. The Bertz CT molecular complexity index is 259. The number of nitrogens with zero attached hydrogens (tertiary/aromatic N) is 1. The van der Waals surface area contributed by atoms with E-state index in [4.69, 9.17) is 0 Å². The van der Waals surface area contributed by atoms with Crippen LogP contribution in [-0.4, -0.2) is 5.71 Å². The van der Waals surface area contributed by atoms with Crippen molar-refractivity contribution in [1.82, 2.24) is 10.9 Å². The first-order valence-electron chi connectivity index (χ1n) is 3.92. The van der Waals surface area contributed by atoms with Crippen LogP contribution in [0.2, 0.25) is 0 Å². The first kappa shape index (κ1) is 8.59. The zero-order chi connectivity index (χ0) is 8.81. The second kappa shape index (κ2) is 4.38. The number of hydrazine groups is 1. The van der Waals surface area contributed by atoms with E-state index in [2.05, 4.69) is 15.8 Å². The average molecular weight is 163 g/mol. The van der Waals surface area contributed by atoms with Crippen molar-refractivity contribution in [3.05, 3.63) is 36.3 Å². The molecule has 0 amide bonds. The highest BCUT2D eigenvalue weighted by Crippen LogP contribution is 1.99. The normalized spacial score (nSPS) is 23.2. The summed E-state index contributed by atoms with van der Waals surface area (Å²) in [5, 5.41) is 0. The maximum absolute atomic E-state index is 4.23. The molecule has 0 aromatic rings. The van der Waals surface area contributed by atoms with Gasteiger partial charge in [-0.25, -0.2) is 0 Å². The molecule has 1 rings (SSSR count). The van der Waals surface area contributed by atoms with Crippen LogP contribution in [0.1, 0.15) is 13.8 Å². The SMILES string of the molecule is C\C=C/N=C1/C=CNN/C1=C/C. The quantitative estimate of drug-likeness (QED) is 0.614. The van der Waals surface area contributed by atoms with E-state index in [1.165, 1.54) is 0 Å². The first-order valence-corrected chi connectivity index (χ1v) is 3.92. The van der Waals surface area contributed by atoms with Crippen molar-refractivity contribution >= 4 is 5.71 Å². The third-order valence-electron chi connectivity index (χ3n) is 1.46. The van der Waals surface area contributed by atoms with E-state index in [0.717, 1.165) is 11.4 Å². The van der Waals surface area contributed by atoms with Crippen LogP contribution < -0.4 is 10.9 Å². The number of hydrogen-bond donors (Lipinski definition) is 2. The molecule has 0 fully saturated rings. The van der Waals surface area contributed by atoms with Crippen LogP contribution >= 0.6 is 0 Å². The Morgan fingerprint density at radius 3 is 2.92 bits per heavy atom. The fraction of sp³-hybridized carbons (Fsp3) is 0.222. The van der Waals surface area contributed by atoms with Crippen LogP contribution in [0, 0.1) is 0 Å². The van der Waals surface area contributed by atoms with E-state index in [-0.39, 0.29) is 0 Å². The Morgan fingerprint density at radius 1 is 1.42 bits per heavy atom. The predicted octanol–water partition coefficient (Wildman–Crippen LogP) is 1.49. The number of hydrogen-bond acceptors (Lipinski definition) is 3. The number of aliphatic imine (C=N–C) groups is 1. The molecule has 0 saturated heterocycles. The van der Waals surface area contributed by atoms with Crippen molar-refractivity contribution in [2.45, 2.75) is 13.8 Å². The van der Waals surface area contributed by atoms with E-state index in [1.807, 2.05) is 38.3 Å². The molecule has 0 atom stereocenters. The van der Waals surface area contributed by atoms with Crippen LogP contribution in [0.5, 0.6) is 0 Å². The lowest BCUT2D eigenvalue weighted by Crippen LogP contribution is -2.33. The van der Waals surface area contributed by atoms with Gasteiger partial charge < -0.3 is 5.43 Å². The number of rotatable bonds is 1. The van der Waals surface area contributed by atoms with Gasteiger partial charge in [0.1, 0.15) is 0 Å². The zero-order valence-corrected chi connectivity index (χ0v) is 7.33. The molecule has 0 aromatic carbocycles. The highest BCUT2D eigenvalue weighted by Gasteiger charge is 2.03. The minimum absolute atomic E-state index is 0.939. The van der Waals surface area contributed by atoms with Crippen LogP contribution in [0.4, 0.5) is 0 Å². The van der Waals surface area contributed by atoms with Gasteiger partial charge in [0.15, 0.2) is 0 Å². The third-order valence-corrected chi connectivity index (χ3v) is 1.46. The minimum Gasteiger partial charge on any atom is -0.308 e. The molecule has 0 bridgehead atoms. The molecule has 0 aliphatic carbocycles. The molecule has 64 valence electrons. The van der Waals surface area contributed by atoms with Gasteiger partial charge in [-0.3, -0.25) is 10.4 Å². The van der Waals surface area contributed by atoms with Gasteiger partial charge in [-0.15, -0.1) is 0 Å². The molecule has 1 aliphatic heterocycles. The summed E-state index contributed by atoms with van der Waals surface area (Å²) >= 11 is 0. The molecule has 2 N–H and O–H groups in total. The molecule has 1 aliphatic rings. The summed E-state index contributed by atoms with van der Waals surface area (Å²) in [6.07, 6.45) is 9.38. The largest absolute Gasteiger partial charge is 0.308 e.